The molecule has 0 aromatic carbocycles. The van der Waals surface area contributed by atoms with Gasteiger partial charge in [0.05, 0.1) is 12.7 Å². The number of hydrogen-bond donors (Lipinski definition) is 1. The summed E-state index contributed by atoms with van der Waals surface area (Å²) in [6.07, 6.45) is 5.88. The summed E-state index contributed by atoms with van der Waals surface area (Å²) in [5, 5.41) is 14.3. The predicted octanol–water partition coefficient (Wildman–Crippen LogP) is 1.01. The molecular weight excluding hydrogens is 300 g/mol. The highest BCUT2D eigenvalue weighted by molar-refractivity contribution is 7.09. The summed E-state index contributed by atoms with van der Waals surface area (Å²) in [6.45, 7) is 3.41. The average molecular weight is 320 g/mol. The Hall–Kier alpha value is -1.80. The lowest BCUT2D eigenvalue weighted by atomic mass is 10.00. The van der Waals surface area contributed by atoms with Gasteiger partial charge in [-0.2, -0.15) is 0 Å². The Balaban J connectivity index is 1.58. The summed E-state index contributed by atoms with van der Waals surface area (Å²) in [5.74, 6) is 0.440. The maximum atomic E-state index is 12.4. The first-order chi connectivity index (χ1) is 10.7. The van der Waals surface area contributed by atoms with Gasteiger partial charge in [0.25, 0.3) is 5.91 Å². The summed E-state index contributed by atoms with van der Waals surface area (Å²) < 4.78 is 1.78. The van der Waals surface area contributed by atoms with Crippen LogP contribution in [-0.4, -0.2) is 50.9 Å². The van der Waals surface area contributed by atoms with Gasteiger partial charge < -0.3 is 10.2 Å². The molecule has 1 saturated heterocycles. The number of amides is 1. The Morgan fingerprint density at radius 1 is 1.59 bits per heavy atom. The Morgan fingerprint density at radius 2 is 2.50 bits per heavy atom. The number of hydrogen-bond acceptors (Lipinski definition) is 6. The zero-order valence-corrected chi connectivity index (χ0v) is 13.4. The quantitative estimate of drug-likeness (QED) is 0.890. The lowest BCUT2D eigenvalue weighted by Crippen LogP contribution is -2.32. The van der Waals surface area contributed by atoms with E-state index in [2.05, 4.69) is 20.6 Å². The third-order valence-electron chi connectivity index (χ3n) is 3.80. The molecule has 3 rings (SSSR count). The number of carbonyl (C=O) groups excluding carboxylic acids is 1. The van der Waals surface area contributed by atoms with Crippen molar-refractivity contribution in [3.63, 3.8) is 0 Å². The minimum absolute atomic E-state index is 0.122. The van der Waals surface area contributed by atoms with Gasteiger partial charge in [-0.25, -0.2) is 4.98 Å². The van der Waals surface area contributed by atoms with Crippen molar-refractivity contribution in [3.8, 4) is 0 Å². The normalized spacial score (nSPS) is 18.3. The Kier molecular flexibility index (Phi) is 4.79. The molecule has 0 spiro atoms. The van der Waals surface area contributed by atoms with Gasteiger partial charge in [-0.15, -0.1) is 16.4 Å². The second kappa shape index (κ2) is 6.97. The second-order valence-corrected chi connectivity index (χ2v) is 6.60. The number of piperidine rings is 1. The van der Waals surface area contributed by atoms with Gasteiger partial charge >= 0.3 is 0 Å². The monoisotopic (exact) mass is 320 g/mol. The van der Waals surface area contributed by atoms with Crippen LogP contribution in [0.2, 0.25) is 0 Å². The summed E-state index contributed by atoms with van der Waals surface area (Å²) in [6, 6.07) is 0. The van der Waals surface area contributed by atoms with Crippen LogP contribution in [0.1, 0.15) is 28.3 Å². The molecular formula is C14H20N6OS. The van der Waals surface area contributed by atoms with E-state index in [9.17, 15) is 4.79 Å². The number of nitrogens with one attached hydrogen (secondary N) is 1. The van der Waals surface area contributed by atoms with Crippen molar-refractivity contribution in [1.29, 1.82) is 0 Å². The molecule has 1 aliphatic rings. The van der Waals surface area contributed by atoms with Crippen LogP contribution >= 0.6 is 11.3 Å². The zero-order valence-electron chi connectivity index (χ0n) is 12.6. The van der Waals surface area contributed by atoms with Crippen molar-refractivity contribution in [2.24, 2.45) is 5.92 Å². The number of thiazole rings is 1. The lowest BCUT2D eigenvalue weighted by Gasteiger charge is -2.22. The molecule has 1 aliphatic heterocycles. The van der Waals surface area contributed by atoms with Gasteiger partial charge in [-0.1, -0.05) is 5.21 Å². The SMILES string of the molecule is CN(Cc1nccs1)C(=O)c1cn(C[C@@H]2CCCNC2)nn1. The van der Waals surface area contributed by atoms with Crippen LogP contribution in [0.15, 0.2) is 17.8 Å². The molecule has 0 bridgehead atoms. The third-order valence-corrected chi connectivity index (χ3v) is 4.57. The van der Waals surface area contributed by atoms with Crippen LogP contribution in [0.25, 0.3) is 0 Å². The van der Waals surface area contributed by atoms with Crippen LogP contribution in [0.3, 0.4) is 0 Å². The second-order valence-electron chi connectivity index (χ2n) is 5.63. The van der Waals surface area contributed by atoms with E-state index in [1.807, 2.05) is 5.38 Å². The first kappa shape index (κ1) is 15.1. The van der Waals surface area contributed by atoms with Gasteiger partial charge in [0.2, 0.25) is 0 Å². The van der Waals surface area contributed by atoms with Crippen LogP contribution in [0, 0.1) is 5.92 Å². The van der Waals surface area contributed by atoms with E-state index in [-0.39, 0.29) is 5.91 Å². The molecule has 1 fully saturated rings. The fourth-order valence-electron chi connectivity index (χ4n) is 2.63. The molecule has 1 atom stereocenters. The molecule has 1 amide bonds. The van der Waals surface area contributed by atoms with Gasteiger partial charge in [-0.3, -0.25) is 9.48 Å². The largest absolute Gasteiger partial charge is 0.334 e. The molecule has 0 saturated carbocycles. The Labute approximate surface area is 133 Å². The van der Waals surface area contributed by atoms with Gasteiger partial charge in [0.15, 0.2) is 5.69 Å². The predicted molar refractivity (Wildman–Crippen MR) is 83.5 cm³/mol. The molecule has 8 heteroatoms. The number of nitrogens with zero attached hydrogens (tertiary/aromatic N) is 5. The minimum atomic E-state index is -0.122. The van der Waals surface area contributed by atoms with Crippen molar-refractivity contribution in [3.05, 3.63) is 28.5 Å². The highest BCUT2D eigenvalue weighted by Crippen LogP contribution is 2.13. The van der Waals surface area contributed by atoms with Crippen molar-refractivity contribution < 1.29 is 4.79 Å². The number of rotatable bonds is 5. The topological polar surface area (TPSA) is 75.9 Å². The van der Waals surface area contributed by atoms with Crippen molar-refractivity contribution in [1.82, 2.24) is 30.2 Å². The summed E-state index contributed by atoms with van der Waals surface area (Å²) in [5.41, 5.74) is 0.392. The Morgan fingerprint density at radius 3 is 3.23 bits per heavy atom. The van der Waals surface area contributed by atoms with E-state index in [4.69, 9.17) is 0 Å². The molecule has 7 nitrogen and oxygen atoms in total. The zero-order chi connectivity index (χ0) is 15.4. The minimum Gasteiger partial charge on any atom is -0.334 e. The highest BCUT2D eigenvalue weighted by atomic mass is 32.1. The van der Waals surface area contributed by atoms with Crippen LogP contribution in [0.5, 0.6) is 0 Å². The molecule has 118 valence electrons. The summed E-state index contributed by atoms with van der Waals surface area (Å²) >= 11 is 1.54. The van der Waals surface area contributed by atoms with Crippen LogP contribution in [0.4, 0.5) is 0 Å². The number of carbonyl (C=O) groups is 1. The molecule has 22 heavy (non-hydrogen) atoms. The fraction of sp³-hybridized carbons (Fsp3) is 0.571. The molecule has 0 aliphatic carbocycles. The maximum Gasteiger partial charge on any atom is 0.276 e. The molecule has 0 radical (unpaired) electrons. The first-order valence-electron chi connectivity index (χ1n) is 7.47. The molecule has 0 unspecified atom stereocenters. The molecule has 2 aromatic rings. The van der Waals surface area contributed by atoms with E-state index in [1.165, 1.54) is 24.2 Å². The third kappa shape index (κ3) is 3.69. The number of aromatic nitrogens is 4. The van der Waals surface area contributed by atoms with E-state index in [0.29, 0.717) is 18.2 Å². The van der Waals surface area contributed by atoms with Crippen molar-refractivity contribution in [2.45, 2.75) is 25.9 Å². The first-order valence-corrected chi connectivity index (χ1v) is 8.35. The van der Waals surface area contributed by atoms with Gasteiger partial charge in [0.1, 0.15) is 5.01 Å². The van der Waals surface area contributed by atoms with Gasteiger partial charge in [-0.05, 0) is 31.8 Å². The smallest absolute Gasteiger partial charge is 0.276 e. The van der Waals surface area contributed by atoms with Crippen molar-refractivity contribution in [2.75, 3.05) is 20.1 Å². The van der Waals surface area contributed by atoms with E-state index in [0.717, 1.165) is 24.6 Å². The Bertz CT molecular complexity index is 605. The van der Waals surface area contributed by atoms with Gasteiger partial charge in [0, 0.05) is 25.2 Å². The molecule has 2 aromatic heterocycles. The molecule has 3 heterocycles. The molecule has 1 N–H and O–H groups in total. The van der Waals surface area contributed by atoms with E-state index < -0.39 is 0 Å². The average Bonchev–Trinajstić information content (AvgIpc) is 3.19. The lowest BCUT2D eigenvalue weighted by molar-refractivity contribution is 0.0779. The standard InChI is InChI=1S/C14H20N6OS/c1-19(10-13-16-5-6-22-13)14(21)12-9-20(18-17-12)8-11-3-2-4-15-7-11/h5-6,9,11,15H,2-4,7-8,10H2,1H3/t11-/m1/s1. The maximum absolute atomic E-state index is 12.4. The van der Waals surface area contributed by atoms with E-state index in [1.54, 1.807) is 29.0 Å². The highest BCUT2D eigenvalue weighted by Gasteiger charge is 2.19. The van der Waals surface area contributed by atoms with Crippen LogP contribution in [-0.2, 0) is 13.1 Å². The van der Waals surface area contributed by atoms with Crippen molar-refractivity contribution >= 4 is 17.2 Å². The summed E-state index contributed by atoms with van der Waals surface area (Å²) in [7, 11) is 1.76. The van der Waals surface area contributed by atoms with Crippen LogP contribution < -0.4 is 5.32 Å². The fourth-order valence-corrected chi connectivity index (χ4v) is 3.30. The van der Waals surface area contributed by atoms with E-state index >= 15 is 0 Å². The summed E-state index contributed by atoms with van der Waals surface area (Å²) in [4.78, 5) is 18.2.